The minimum absolute atomic E-state index is 0.0269. The van der Waals surface area contributed by atoms with Crippen LogP contribution in [0, 0.1) is 0 Å². The fourth-order valence-corrected chi connectivity index (χ4v) is 4.97. The summed E-state index contributed by atoms with van der Waals surface area (Å²) < 4.78 is 50.0. The van der Waals surface area contributed by atoms with Crippen LogP contribution in [0.2, 0.25) is 0 Å². The number of sulfonamides is 1. The summed E-state index contributed by atoms with van der Waals surface area (Å²) >= 11 is 0. The van der Waals surface area contributed by atoms with Crippen molar-refractivity contribution in [3.8, 4) is 0 Å². The smallest absolute Gasteiger partial charge is 0.259 e. The van der Waals surface area contributed by atoms with Crippen LogP contribution in [0.5, 0.6) is 0 Å². The standard InChI is InChI=1S/C12H19F2NO4S/c13-9(14)10(4-5-10)20(18,19)15-8-6-12(17,7-8)11(16)2-1-3-11/h8-9,15-17H,1-7H2. The molecule has 0 radical (unpaired) electrons. The first kappa shape index (κ1) is 14.6. The first-order chi connectivity index (χ1) is 9.14. The largest absolute Gasteiger partial charge is 0.387 e. The van der Waals surface area contributed by atoms with Crippen molar-refractivity contribution < 1.29 is 27.4 Å². The van der Waals surface area contributed by atoms with Gasteiger partial charge in [0.15, 0.2) is 0 Å². The molecule has 0 aliphatic heterocycles. The van der Waals surface area contributed by atoms with E-state index in [0.717, 1.165) is 6.42 Å². The van der Waals surface area contributed by atoms with Crippen LogP contribution in [-0.4, -0.2) is 47.0 Å². The highest BCUT2D eigenvalue weighted by atomic mass is 32.2. The second kappa shape index (κ2) is 4.12. The summed E-state index contributed by atoms with van der Waals surface area (Å²) in [5.41, 5.74) is -2.41. The fourth-order valence-electron chi connectivity index (χ4n) is 3.26. The molecule has 0 bridgehead atoms. The second-order valence-electron chi connectivity index (χ2n) is 6.51. The van der Waals surface area contributed by atoms with Crippen molar-refractivity contribution >= 4 is 10.0 Å². The van der Waals surface area contributed by atoms with Crippen molar-refractivity contribution in [2.45, 2.75) is 73.4 Å². The average molecular weight is 311 g/mol. The normalized spacial score (nSPS) is 38.1. The number of aliphatic hydroxyl groups is 2. The Morgan fingerprint density at radius 3 is 1.95 bits per heavy atom. The molecule has 0 spiro atoms. The zero-order valence-corrected chi connectivity index (χ0v) is 11.8. The van der Waals surface area contributed by atoms with E-state index >= 15 is 0 Å². The summed E-state index contributed by atoms with van der Waals surface area (Å²) in [4.78, 5) is 0. The van der Waals surface area contributed by atoms with Crippen molar-refractivity contribution in [3.05, 3.63) is 0 Å². The van der Waals surface area contributed by atoms with Gasteiger partial charge in [0.1, 0.15) is 4.75 Å². The van der Waals surface area contributed by atoms with Gasteiger partial charge in [-0.15, -0.1) is 0 Å². The lowest BCUT2D eigenvalue weighted by molar-refractivity contribution is -0.230. The number of hydrogen-bond donors (Lipinski definition) is 3. The number of alkyl halides is 2. The minimum Gasteiger partial charge on any atom is -0.387 e. The second-order valence-corrected chi connectivity index (χ2v) is 8.56. The van der Waals surface area contributed by atoms with Gasteiger partial charge in [-0.1, -0.05) is 0 Å². The lowest BCUT2D eigenvalue weighted by Gasteiger charge is -2.57. The number of nitrogens with one attached hydrogen (secondary N) is 1. The highest BCUT2D eigenvalue weighted by molar-refractivity contribution is 7.91. The lowest BCUT2D eigenvalue weighted by Crippen LogP contribution is -2.69. The van der Waals surface area contributed by atoms with Gasteiger partial charge in [-0.25, -0.2) is 21.9 Å². The molecule has 20 heavy (non-hydrogen) atoms. The summed E-state index contributed by atoms with van der Waals surface area (Å²) in [6.45, 7) is 0. The van der Waals surface area contributed by atoms with E-state index in [-0.39, 0.29) is 25.7 Å². The average Bonchev–Trinajstić information content (AvgIpc) is 3.04. The maximum absolute atomic E-state index is 12.8. The van der Waals surface area contributed by atoms with Gasteiger partial charge in [0.25, 0.3) is 6.43 Å². The van der Waals surface area contributed by atoms with Crippen LogP contribution >= 0.6 is 0 Å². The van der Waals surface area contributed by atoms with Gasteiger partial charge in [0, 0.05) is 6.04 Å². The third kappa shape index (κ3) is 1.84. The van der Waals surface area contributed by atoms with Gasteiger partial charge in [-0.3, -0.25) is 0 Å². The van der Waals surface area contributed by atoms with E-state index < -0.39 is 38.4 Å². The Hall–Kier alpha value is -0.310. The van der Waals surface area contributed by atoms with Crippen LogP contribution < -0.4 is 4.72 Å². The minimum atomic E-state index is -4.09. The van der Waals surface area contributed by atoms with Gasteiger partial charge in [-0.05, 0) is 44.9 Å². The third-order valence-electron chi connectivity index (χ3n) is 5.21. The van der Waals surface area contributed by atoms with Crippen molar-refractivity contribution in [3.63, 3.8) is 0 Å². The van der Waals surface area contributed by atoms with Gasteiger partial charge >= 0.3 is 0 Å². The molecule has 0 aromatic carbocycles. The molecule has 0 heterocycles. The molecule has 5 nitrogen and oxygen atoms in total. The molecule has 0 saturated heterocycles. The molecule has 0 atom stereocenters. The van der Waals surface area contributed by atoms with Crippen molar-refractivity contribution in [1.29, 1.82) is 0 Å². The van der Waals surface area contributed by atoms with Crippen LogP contribution in [-0.2, 0) is 10.0 Å². The van der Waals surface area contributed by atoms with E-state index in [0.29, 0.717) is 12.8 Å². The molecule has 3 fully saturated rings. The monoisotopic (exact) mass is 311 g/mol. The highest BCUT2D eigenvalue weighted by Crippen LogP contribution is 2.52. The molecular formula is C12H19F2NO4S. The zero-order valence-electron chi connectivity index (χ0n) is 11.0. The van der Waals surface area contributed by atoms with Crippen molar-refractivity contribution in [1.82, 2.24) is 4.72 Å². The van der Waals surface area contributed by atoms with E-state index in [1.54, 1.807) is 0 Å². The molecule has 0 amide bonds. The van der Waals surface area contributed by atoms with Gasteiger partial charge in [0.2, 0.25) is 10.0 Å². The zero-order chi connectivity index (χ0) is 14.8. The first-order valence-electron chi connectivity index (χ1n) is 6.89. The number of hydrogen-bond acceptors (Lipinski definition) is 4. The summed E-state index contributed by atoms with van der Waals surface area (Å²) in [6, 6.07) is -0.564. The Balaban J connectivity index is 1.62. The molecule has 0 unspecified atom stereocenters. The maximum Gasteiger partial charge on any atom is 0.259 e. The van der Waals surface area contributed by atoms with Crippen LogP contribution in [0.1, 0.15) is 44.9 Å². The van der Waals surface area contributed by atoms with Crippen LogP contribution in [0.15, 0.2) is 0 Å². The fraction of sp³-hybridized carbons (Fsp3) is 1.00. The van der Waals surface area contributed by atoms with E-state index in [2.05, 4.69) is 4.72 Å². The van der Waals surface area contributed by atoms with Crippen molar-refractivity contribution in [2.75, 3.05) is 0 Å². The van der Waals surface area contributed by atoms with Gasteiger partial charge in [0.05, 0.1) is 11.2 Å². The SMILES string of the molecule is O=S(=O)(NC1CC(O)(C2(O)CCC2)C1)C1(C(F)F)CC1. The summed E-state index contributed by atoms with van der Waals surface area (Å²) in [5.74, 6) is 0. The molecular weight excluding hydrogens is 292 g/mol. The molecule has 3 saturated carbocycles. The number of rotatable bonds is 5. The Kier molecular flexibility index (Phi) is 3.01. The Morgan fingerprint density at radius 2 is 1.60 bits per heavy atom. The topological polar surface area (TPSA) is 86.6 Å². The molecule has 0 aromatic heterocycles. The molecule has 3 rings (SSSR count). The summed E-state index contributed by atoms with van der Waals surface area (Å²) in [6.07, 6.45) is -0.932. The Morgan fingerprint density at radius 1 is 1.05 bits per heavy atom. The quantitative estimate of drug-likeness (QED) is 0.690. The predicted octanol–water partition coefficient (Wildman–Crippen LogP) is 0.512. The van der Waals surface area contributed by atoms with Crippen molar-refractivity contribution in [2.24, 2.45) is 0 Å². The van der Waals surface area contributed by atoms with E-state index in [1.165, 1.54) is 0 Å². The molecule has 3 aliphatic carbocycles. The lowest BCUT2D eigenvalue weighted by atomic mass is 9.58. The van der Waals surface area contributed by atoms with E-state index in [9.17, 15) is 27.4 Å². The van der Waals surface area contributed by atoms with Gasteiger partial charge in [-0.2, -0.15) is 0 Å². The Labute approximate surface area is 116 Å². The first-order valence-corrected chi connectivity index (χ1v) is 8.37. The molecule has 3 aliphatic rings. The molecule has 3 N–H and O–H groups in total. The molecule has 116 valence electrons. The summed E-state index contributed by atoms with van der Waals surface area (Å²) in [7, 11) is -4.09. The van der Waals surface area contributed by atoms with Crippen LogP contribution in [0.4, 0.5) is 8.78 Å². The van der Waals surface area contributed by atoms with Gasteiger partial charge < -0.3 is 10.2 Å². The Bertz CT molecular complexity index is 508. The molecule has 8 heteroatoms. The molecule has 0 aromatic rings. The van der Waals surface area contributed by atoms with Crippen LogP contribution in [0.25, 0.3) is 0 Å². The summed E-state index contributed by atoms with van der Waals surface area (Å²) in [5, 5.41) is 20.4. The predicted molar refractivity (Wildman–Crippen MR) is 66.8 cm³/mol. The maximum atomic E-state index is 12.8. The van der Waals surface area contributed by atoms with E-state index in [4.69, 9.17) is 0 Å². The highest BCUT2D eigenvalue weighted by Gasteiger charge is 2.65. The van der Waals surface area contributed by atoms with E-state index in [1.807, 2.05) is 0 Å². The third-order valence-corrected chi connectivity index (χ3v) is 7.51. The van der Waals surface area contributed by atoms with Crippen LogP contribution in [0.3, 0.4) is 0 Å². The number of halogens is 2.